The largest absolute Gasteiger partial charge is 0.369 e. The maximum absolute atomic E-state index is 12.6. The van der Waals surface area contributed by atoms with Crippen molar-refractivity contribution in [2.24, 2.45) is 0 Å². The van der Waals surface area contributed by atoms with Crippen LogP contribution in [-0.2, 0) is 0 Å². The Morgan fingerprint density at radius 2 is 1.83 bits per heavy atom. The molecule has 2 aliphatic heterocycles. The minimum Gasteiger partial charge on any atom is -0.369 e. The van der Waals surface area contributed by atoms with Gasteiger partial charge in [-0.25, -0.2) is 4.98 Å². The molecule has 3 heterocycles. The summed E-state index contributed by atoms with van der Waals surface area (Å²) in [6.07, 6.45) is 0.608. The number of aromatic nitrogens is 3. The van der Waals surface area contributed by atoms with Gasteiger partial charge in [0, 0.05) is 49.7 Å². The maximum atomic E-state index is 12.6. The number of nitrogens with zero attached hydrogens (tertiary/aromatic N) is 3. The van der Waals surface area contributed by atoms with Crippen LogP contribution in [0.4, 0.5) is 10.1 Å². The van der Waals surface area contributed by atoms with Crippen LogP contribution in [-0.4, -0.2) is 59.3 Å². The second-order valence-electron chi connectivity index (χ2n) is 7.73. The van der Waals surface area contributed by atoms with E-state index in [0.29, 0.717) is 17.8 Å². The summed E-state index contributed by atoms with van der Waals surface area (Å²) in [5, 5.41) is 0. The number of hydrogen-bond donors (Lipinski definition) is 2. The van der Waals surface area contributed by atoms with Gasteiger partial charge in [0.25, 0.3) is 5.56 Å². The Bertz CT molecular complexity index is 1190. The Hall–Kier alpha value is -3.19. The van der Waals surface area contributed by atoms with Gasteiger partial charge in [0.15, 0.2) is 0 Å². The van der Waals surface area contributed by atoms with Crippen molar-refractivity contribution in [3.05, 3.63) is 58.9 Å². The average molecular weight is 405 g/mol. The number of halogens is 1. The SMILES string of the molecule is O=c1[nH]c2cccccc-2c1-c1nc2ccc(N3CCN(CCCF)CC3)cc2[nH]1. The monoisotopic (exact) mass is 405 g/mol. The highest BCUT2D eigenvalue weighted by molar-refractivity contribution is 5.87. The van der Waals surface area contributed by atoms with Crippen molar-refractivity contribution >= 4 is 16.7 Å². The Morgan fingerprint density at radius 3 is 2.67 bits per heavy atom. The number of imidazole rings is 1. The molecular weight excluding hydrogens is 381 g/mol. The summed E-state index contributed by atoms with van der Waals surface area (Å²) in [5.41, 5.74) is 4.97. The lowest BCUT2D eigenvalue weighted by molar-refractivity contribution is 0.245. The van der Waals surface area contributed by atoms with Gasteiger partial charge in [-0.3, -0.25) is 14.1 Å². The zero-order valence-corrected chi connectivity index (χ0v) is 16.7. The lowest BCUT2D eigenvalue weighted by Crippen LogP contribution is -2.46. The predicted molar refractivity (Wildman–Crippen MR) is 118 cm³/mol. The molecule has 7 heteroatoms. The summed E-state index contributed by atoms with van der Waals surface area (Å²) in [4.78, 5) is 28.2. The van der Waals surface area contributed by atoms with E-state index in [0.717, 1.165) is 60.7 Å². The summed E-state index contributed by atoms with van der Waals surface area (Å²) >= 11 is 0. The van der Waals surface area contributed by atoms with Gasteiger partial charge in [0.1, 0.15) is 5.82 Å². The summed E-state index contributed by atoms with van der Waals surface area (Å²) in [6.45, 7) is 4.30. The van der Waals surface area contributed by atoms with E-state index in [1.807, 2.05) is 36.4 Å². The van der Waals surface area contributed by atoms with Crippen LogP contribution in [0.1, 0.15) is 6.42 Å². The van der Waals surface area contributed by atoms with Crippen molar-refractivity contribution in [1.29, 1.82) is 0 Å². The number of rotatable bonds is 5. The van der Waals surface area contributed by atoms with Crippen LogP contribution >= 0.6 is 0 Å². The van der Waals surface area contributed by atoms with Crippen molar-refractivity contribution in [1.82, 2.24) is 19.9 Å². The van der Waals surface area contributed by atoms with Crippen molar-refractivity contribution in [2.45, 2.75) is 6.42 Å². The fourth-order valence-corrected chi connectivity index (χ4v) is 4.24. The molecule has 2 aromatic rings. The molecule has 3 aliphatic rings. The van der Waals surface area contributed by atoms with Crippen LogP contribution in [0, 0.1) is 0 Å². The molecule has 0 amide bonds. The molecule has 0 spiro atoms. The van der Waals surface area contributed by atoms with E-state index in [1.54, 1.807) is 0 Å². The van der Waals surface area contributed by atoms with Crippen LogP contribution in [0.5, 0.6) is 0 Å². The van der Waals surface area contributed by atoms with Crippen molar-refractivity contribution < 1.29 is 4.39 Å². The number of alkyl halides is 1. The molecule has 0 radical (unpaired) electrons. The van der Waals surface area contributed by atoms with Crippen molar-refractivity contribution in [3.8, 4) is 22.6 Å². The molecule has 0 bridgehead atoms. The van der Waals surface area contributed by atoms with Gasteiger partial charge in [-0.2, -0.15) is 0 Å². The van der Waals surface area contributed by atoms with E-state index in [9.17, 15) is 9.18 Å². The van der Waals surface area contributed by atoms with E-state index in [1.165, 1.54) is 0 Å². The van der Waals surface area contributed by atoms with Gasteiger partial charge in [0.05, 0.1) is 23.3 Å². The van der Waals surface area contributed by atoms with E-state index in [2.05, 4.69) is 36.9 Å². The zero-order valence-electron chi connectivity index (χ0n) is 16.7. The van der Waals surface area contributed by atoms with E-state index in [-0.39, 0.29) is 12.2 Å². The number of benzene rings is 1. The second kappa shape index (κ2) is 7.91. The van der Waals surface area contributed by atoms with Gasteiger partial charge in [0.2, 0.25) is 0 Å². The van der Waals surface area contributed by atoms with E-state index >= 15 is 0 Å². The smallest absolute Gasteiger partial charge is 0.260 e. The Morgan fingerprint density at radius 1 is 1.00 bits per heavy atom. The lowest BCUT2D eigenvalue weighted by Gasteiger charge is -2.36. The summed E-state index contributed by atoms with van der Waals surface area (Å²) in [5.74, 6) is 0.584. The quantitative estimate of drug-likeness (QED) is 0.533. The molecule has 0 unspecified atom stereocenters. The highest BCUT2D eigenvalue weighted by atomic mass is 19.1. The topological polar surface area (TPSA) is 68.0 Å². The Kier molecular flexibility index (Phi) is 4.96. The molecule has 154 valence electrons. The maximum Gasteiger partial charge on any atom is 0.260 e. The number of piperazine rings is 1. The van der Waals surface area contributed by atoms with Crippen LogP contribution in [0.3, 0.4) is 0 Å². The van der Waals surface area contributed by atoms with Gasteiger partial charge in [-0.1, -0.05) is 24.3 Å². The molecule has 1 aromatic heterocycles. The third kappa shape index (κ3) is 3.45. The van der Waals surface area contributed by atoms with Crippen LogP contribution in [0.25, 0.3) is 33.7 Å². The second-order valence-corrected chi connectivity index (χ2v) is 7.73. The number of aromatic amines is 2. The Labute approximate surface area is 173 Å². The molecule has 1 fully saturated rings. The molecular formula is C23H24FN5O. The van der Waals surface area contributed by atoms with E-state index in [4.69, 9.17) is 0 Å². The summed E-state index contributed by atoms with van der Waals surface area (Å²) < 4.78 is 12.4. The molecule has 2 N–H and O–H groups in total. The number of nitrogens with one attached hydrogen (secondary N) is 2. The number of anilines is 1. The van der Waals surface area contributed by atoms with Crippen LogP contribution in [0.2, 0.25) is 0 Å². The first-order valence-electron chi connectivity index (χ1n) is 10.4. The Balaban J connectivity index is 1.42. The van der Waals surface area contributed by atoms with Crippen LogP contribution in [0.15, 0.2) is 53.3 Å². The third-order valence-corrected chi connectivity index (χ3v) is 5.83. The highest BCUT2D eigenvalue weighted by Crippen LogP contribution is 2.30. The van der Waals surface area contributed by atoms with Crippen LogP contribution < -0.4 is 10.5 Å². The molecule has 0 atom stereocenters. The fourth-order valence-electron chi connectivity index (χ4n) is 4.24. The normalized spacial score (nSPS) is 15.3. The summed E-state index contributed by atoms with van der Waals surface area (Å²) in [6, 6.07) is 15.8. The molecule has 1 aliphatic carbocycles. The fraction of sp³-hybridized carbons (Fsp3) is 0.304. The molecule has 30 heavy (non-hydrogen) atoms. The predicted octanol–water partition coefficient (Wildman–Crippen LogP) is 3.50. The number of fused-ring (bicyclic) bond motifs is 2. The van der Waals surface area contributed by atoms with Crippen molar-refractivity contribution in [2.75, 3.05) is 44.3 Å². The molecule has 6 nitrogen and oxygen atoms in total. The van der Waals surface area contributed by atoms with Gasteiger partial charge >= 0.3 is 0 Å². The molecule has 0 saturated carbocycles. The molecule has 5 rings (SSSR count). The minimum absolute atomic E-state index is 0.139. The third-order valence-electron chi connectivity index (χ3n) is 5.83. The minimum atomic E-state index is -0.251. The van der Waals surface area contributed by atoms with Gasteiger partial charge in [-0.05, 0) is 30.7 Å². The summed E-state index contributed by atoms with van der Waals surface area (Å²) in [7, 11) is 0. The first-order valence-corrected chi connectivity index (χ1v) is 10.4. The standard InChI is InChI=1S/C23H24FN5O/c24-9-4-10-28-11-13-29(14-12-28)16-7-8-19-20(15-16)26-22(25-19)21-17-5-2-1-3-6-18(17)27-23(21)30/h1-3,5-8,15H,4,9-14H2,(H,25,26)(H,27,30). The highest BCUT2D eigenvalue weighted by Gasteiger charge is 2.20. The molecule has 1 aromatic carbocycles. The van der Waals surface area contributed by atoms with Gasteiger partial charge in [-0.15, -0.1) is 0 Å². The molecule has 1 saturated heterocycles. The first kappa shape index (κ1) is 18.8. The average Bonchev–Trinajstić information content (AvgIpc) is 3.23. The van der Waals surface area contributed by atoms with E-state index < -0.39 is 0 Å². The lowest BCUT2D eigenvalue weighted by atomic mass is 10.1. The number of hydrogen-bond acceptors (Lipinski definition) is 4. The first-order chi connectivity index (χ1) is 14.7. The number of H-pyrrole nitrogens is 2. The zero-order chi connectivity index (χ0) is 20.5. The van der Waals surface area contributed by atoms with Gasteiger partial charge < -0.3 is 14.9 Å². The van der Waals surface area contributed by atoms with Crippen molar-refractivity contribution in [3.63, 3.8) is 0 Å².